The summed E-state index contributed by atoms with van der Waals surface area (Å²) < 4.78 is 36.9. The number of para-hydroxylation sites is 1. The lowest BCUT2D eigenvalue weighted by molar-refractivity contribution is -0.117. The smallest absolute Gasteiger partial charge is 0.273 e. The first-order valence-corrected chi connectivity index (χ1v) is 10.5. The van der Waals surface area contributed by atoms with Gasteiger partial charge in [-0.15, -0.1) is 10.2 Å². The number of amides is 2. The van der Waals surface area contributed by atoms with Crippen LogP contribution in [0.15, 0.2) is 42.5 Å². The Kier molecular flexibility index (Phi) is 4.34. The van der Waals surface area contributed by atoms with Gasteiger partial charge in [-0.2, -0.15) is 0 Å². The van der Waals surface area contributed by atoms with Crippen LogP contribution in [0.5, 0.6) is 0 Å². The summed E-state index contributed by atoms with van der Waals surface area (Å²) in [4.78, 5) is 26.9. The first kappa shape index (κ1) is 17.5. The van der Waals surface area contributed by atoms with E-state index in [9.17, 15) is 14.0 Å². The van der Waals surface area contributed by atoms with E-state index in [0.29, 0.717) is 29.0 Å². The first-order valence-electron chi connectivity index (χ1n) is 12.0. The molecule has 0 bridgehead atoms. The SMILES string of the molecule is [2H]C([2H])([2H])NC(=O)c1nnc(NC(=O)C2CC2)cc1Nc1cccc2c1N(C)Cc1cccc(F)c1-2. The number of anilines is 4. The van der Waals surface area contributed by atoms with Crippen LogP contribution in [-0.2, 0) is 11.3 Å². The molecule has 3 aromatic rings. The molecule has 1 aliphatic heterocycles. The molecule has 8 nitrogen and oxygen atoms in total. The Bertz CT molecular complexity index is 1380. The molecule has 0 unspecified atom stereocenters. The molecule has 0 spiro atoms. The Balaban J connectivity index is 1.56. The van der Waals surface area contributed by atoms with E-state index in [2.05, 4.69) is 20.8 Å². The summed E-state index contributed by atoms with van der Waals surface area (Å²) in [5.41, 5.74) is 3.11. The Morgan fingerprint density at radius 1 is 1.15 bits per heavy atom. The van der Waals surface area contributed by atoms with E-state index in [1.807, 2.05) is 29.4 Å². The van der Waals surface area contributed by atoms with Crippen molar-refractivity contribution in [2.45, 2.75) is 19.4 Å². The largest absolute Gasteiger partial charge is 0.368 e. The van der Waals surface area contributed by atoms with Gasteiger partial charge >= 0.3 is 0 Å². The van der Waals surface area contributed by atoms with E-state index in [-0.39, 0.29) is 34.8 Å². The third-order valence-corrected chi connectivity index (χ3v) is 5.79. The van der Waals surface area contributed by atoms with Crippen LogP contribution in [0.2, 0.25) is 0 Å². The van der Waals surface area contributed by atoms with E-state index < -0.39 is 12.9 Å². The van der Waals surface area contributed by atoms with Gasteiger partial charge in [0.15, 0.2) is 11.5 Å². The molecule has 1 aliphatic carbocycles. The number of rotatable bonds is 5. The second kappa shape index (κ2) is 8.16. The van der Waals surface area contributed by atoms with Crippen molar-refractivity contribution in [3.63, 3.8) is 0 Å². The fourth-order valence-electron chi connectivity index (χ4n) is 4.09. The van der Waals surface area contributed by atoms with Crippen molar-refractivity contribution >= 4 is 34.7 Å². The highest BCUT2D eigenvalue weighted by Crippen LogP contribution is 2.45. The quantitative estimate of drug-likeness (QED) is 0.550. The number of nitrogens with one attached hydrogen (secondary N) is 3. The van der Waals surface area contributed by atoms with Gasteiger partial charge in [-0.1, -0.05) is 24.3 Å². The van der Waals surface area contributed by atoms with E-state index >= 15 is 0 Å². The molecule has 33 heavy (non-hydrogen) atoms. The van der Waals surface area contributed by atoms with Crippen molar-refractivity contribution < 1.29 is 18.1 Å². The topological polar surface area (TPSA) is 99.2 Å². The molecule has 1 saturated carbocycles. The molecule has 5 rings (SSSR count). The number of hydrogen-bond donors (Lipinski definition) is 3. The van der Waals surface area contributed by atoms with E-state index in [0.717, 1.165) is 18.4 Å². The standard InChI is InChI=1S/C24H23FN6O2/c1-26-24(33)21-18(11-19(29-30-21)28-23(32)13-9-10-13)27-17-8-4-6-15-20-14(5-3-7-16(20)25)12-31(2)22(15)17/h3-8,11,13H,9-10,12H2,1-2H3,(H,26,33)(H2,27,28,29,32)/i1D3. The van der Waals surface area contributed by atoms with Gasteiger partial charge in [0, 0.05) is 47.8 Å². The summed E-state index contributed by atoms with van der Waals surface area (Å²) in [6, 6.07) is 11.7. The number of fused-ring (bicyclic) bond motifs is 3. The summed E-state index contributed by atoms with van der Waals surface area (Å²) in [5, 5.41) is 15.5. The summed E-state index contributed by atoms with van der Waals surface area (Å²) >= 11 is 0. The second-order valence-electron chi connectivity index (χ2n) is 8.17. The van der Waals surface area contributed by atoms with Gasteiger partial charge in [-0.05, 0) is 30.5 Å². The Labute approximate surface area is 194 Å². The average molecular weight is 450 g/mol. The highest BCUT2D eigenvalue weighted by Gasteiger charge is 2.30. The zero-order chi connectivity index (χ0) is 25.6. The van der Waals surface area contributed by atoms with Crippen LogP contribution in [0.4, 0.5) is 27.3 Å². The van der Waals surface area contributed by atoms with E-state index in [4.69, 9.17) is 4.11 Å². The highest BCUT2D eigenvalue weighted by atomic mass is 19.1. The number of nitrogens with zero attached hydrogens (tertiary/aromatic N) is 3. The summed E-state index contributed by atoms with van der Waals surface area (Å²) in [6.45, 7) is -2.27. The maximum atomic E-state index is 14.8. The van der Waals surface area contributed by atoms with Crippen molar-refractivity contribution in [1.82, 2.24) is 15.5 Å². The molecule has 3 N–H and O–H groups in total. The van der Waals surface area contributed by atoms with Gasteiger partial charge < -0.3 is 20.9 Å². The van der Waals surface area contributed by atoms with Crippen LogP contribution < -0.4 is 20.9 Å². The average Bonchev–Trinajstić information content (AvgIpc) is 3.64. The third-order valence-electron chi connectivity index (χ3n) is 5.79. The zero-order valence-corrected chi connectivity index (χ0v) is 17.8. The number of carbonyl (C=O) groups excluding carboxylic acids is 2. The minimum Gasteiger partial charge on any atom is -0.368 e. The van der Waals surface area contributed by atoms with Gasteiger partial charge in [0.2, 0.25) is 5.91 Å². The Morgan fingerprint density at radius 2 is 1.97 bits per heavy atom. The molecule has 1 aromatic heterocycles. The molecule has 9 heteroatoms. The zero-order valence-electron chi connectivity index (χ0n) is 20.8. The molecule has 168 valence electrons. The molecule has 2 aliphatic rings. The van der Waals surface area contributed by atoms with Gasteiger partial charge in [0.05, 0.1) is 17.1 Å². The fourth-order valence-corrected chi connectivity index (χ4v) is 4.09. The lowest BCUT2D eigenvalue weighted by atomic mass is 9.92. The summed E-state index contributed by atoms with van der Waals surface area (Å²) in [6.07, 6.45) is 1.59. The van der Waals surface area contributed by atoms with Crippen LogP contribution >= 0.6 is 0 Å². The molecule has 2 amide bonds. The van der Waals surface area contributed by atoms with Crippen LogP contribution in [0.3, 0.4) is 0 Å². The van der Waals surface area contributed by atoms with E-state index in [1.165, 1.54) is 12.1 Å². The number of benzene rings is 2. The van der Waals surface area contributed by atoms with Crippen LogP contribution in [-0.4, -0.2) is 36.0 Å². The fraction of sp³-hybridized carbons (Fsp3) is 0.250. The van der Waals surface area contributed by atoms with Crippen molar-refractivity contribution in [3.05, 3.63) is 59.5 Å². The van der Waals surface area contributed by atoms with Crippen molar-refractivity contribution in [2.24, 2.45) is 5.92 Å². The Morgan fingerprint density at radius 3 is 2.76 bits per heavy atom. The maximum Gasteiger partial charge on any atom is 0.273 e. The monoisotopic (exact) mass is 449 g/mol. The normalized spacial score (nSPS) is 15.9. The molecule has 0 atom stereocenters. The van der Waals surface area contributed by atoms with Crippen LogP contribution in [0.25, 0.3) is 11.1 Å². The van der Waals surface area contributed by atoms with Crippen LogP contribution in [0.1, 0.15) is 33.0 Å². The molecule has 2 heterocycles. The molecule has 2 aromatic carbocycles. The summed E-state index contributed by atoms with van der Waals surface area (Å²) in [5.74, 6) is -1.45. The van der Waals surface area contributed by atoms with Gasteiger partial charge in [-0.3, -0.25) is 9.59 Å². The number of aromatic nitrogens is 2. The predicted octanol–water partition coefficient (Wildman–Crippen LogP) is 3.68. The lowest BCUT2D eigenvalue weighted by Crippen LogP contribution is -2.24. The molecule has 0 radical (unpaired) electrons. The number of hydrogen-bond acceptors (Lipinski definition) is 6. The number of carbonyl (C=O) groups is 2. The lowest BCUT2D eigenvalue weighted by Gasteiger charge is -2.32. The maximum absolute atomic E-state index is 14.8. The predicted molar refractivity (Wildman–Crippen MR) is 124 cm³/mol. The highest BCUT2D eigenvalue weighted by molar-refractivity contribution is 6.01. The second-order valence-corrected chi connectivity index (χ2v) is 8.17. The van der Waals surface area contributed by atoms with E-state index in [1.54, 1.807) is 18.2 Å². The van der Waals surface area contributed by atoms with Gasteiger partial charge in [0.25, 0.3) is 5.91 Å². The van der Waals surface area contributed by atoms with Crippen molar-refractivity contribution in [3.8, 4) is 11.1 Å². The van der Waals surface area contributed by atoms with Gasteiger partial charge in [-0.25, -0.2) is 4.39 Å². The summed E-state index contributed by atoms with van der Waals surface area (Å²) in [7, 11) is 1.87. The minimum atomic E-state index is -2.73. The molecule has 0 saturated heterocycles. The van der Waals surface area contributed by atoms with Crippen molar-refractivity contribution in [1.29, 1.82) is 0 Å². The number of halogens is 1. The minimum absolute atomic E-state index is 0.0773. The molecular weight excluding hydrogens is 423 g/mol. The van der Waals surface area contributed by atoms with Gasteiger partial charge in [0.1, 0.15) is 5.82 Å². The molecule has 1 fully saturated rings. The van der Waals surface area contributed by atoms with Crippen LogP contribution in [0, 0.1) is 11.7 Å². The third kappa shape index (κ3) is 3.86. The molecular formula is C24H23FN6O2. The van der Waals surface area contributed by atoms with Crippen molar-refractivity contribution in [2.75, 3.05) is 29.6 Å². The first-order chi connectivity index (χ1) is 17.1. The Hall–Kier alpha value is -4.01.